The smallest absolute Gasteiger partial charge is 0.255 e. The molecule has 3 heteroatoms. The maximum absolute atomic E-state index is 12.4. The Morgan fingerprint density at radius 3 is 2.25 bits per heavy atom. The van der Waals surface area contributed by atoms with Gasteiger partial charge in [-0.2, -0.15) is 0 Å². The van der Waals surface area contributed by atoms with E-state index in [-0.39, 0.29) is 18.1 Å². The number of benzene rings is 1. The minimum Gasteiger partial charge on any atom is -0.326 e. The molecule has 0 saturated carbocycles. The minimum atomic E-state index is 0.0135. The number of aromatic nitrogens is 1. The zero-order valence-electron chi connectivity index (χ0n) is 12.4. The first-order valence-corrected chi connectivity index (χ1v) is 7.12. The number of hydrogen-bond donors (Lipinski definition) is 1. The molecule has 0 bridgehead atoms. The Morgan fingerprint density at radius 2 is 1.75 bits per heavy atom. The van der Waals surface area contributed by atoms with E-state index in [1.165, 1.54) is 5.56 Å². The molecule has 1 heterocycles. The Bertz CT molecular complexity index is 639. The summed E-state index contributed by atoms with van der Waals surface area (Å²) in [5.74, 6) is 0. The van der Waals surface area contributed by atoms with Crippen molar-refractivity contribution in [2.45, 2.75) is 39.8 Å². The minimum absolute atomic E-state index is 0.0135. The van der Waals surface area contributed by atoms with Gasteiger partial charge in [0.05, 0.1) is 5.69 Å². The van der Waals surface area contributed by atoms with Crippen LogP contribution in [-0.2, 0) is 13.0 Å². The van der Waals surface area contributed by atoms with E-state index in [4.69, 9.17) is 5.73 Å². The molecule has 0 spiro atoms. The van der Waals surface area contributed by atoms with Crippen LogP contribution in [0.25, 0.3) is 11.3 Å². The summed E-state index contributed by atoms with van der Waals surface area (Å²) < 4.78 is 1.82. The van der Waals surface area contributed by atoms with E-state index in [1.54, 1.807) is 0 Å². The van der Waals surface area contributed by atoms with Crippen molar-refractivity contribution in [3.63, 3.8) is 0 Å². The summed E-state index contributed by atoms with van der Waals surface area (Å²) in [5.41, 5.74) is 9.62. The van der Waals surface area contributed by atoms with Gasteiger partial charge in [-0.05, 0) is 37.5 Å². The SMILES string of the molecule is CCc1ccc(-c2ccc(CN)c(=O)n2C(C)C)cc1. The molecule has 3 nitrogen and oxygen atoms in total. The molecule has 0 radical (unpaired) electrons. The summed E-state index contributed by atoms with van der Waals surface area (Å²) in [6, 6.07) is 12.3. The van der Waals surface area contributed by atoms with Crippen LogP contribution in [0, 0.1) is 0 Å². The number of nitrogens with two attached hydrogens (primary N) is 1. The lowest BCUT2D eigenvalue weighted by atomic mass is 10.1. The number of hydrogen-bond acceptors (Lipinski definition) is 2. The fraction of sp³-hybridized carbons (Fsp3) is 0.353. The van der Waals surface area contributed by atoms with Crippen molar-refractivity contribution in [3.05, 3.63) is 57.9 Å². The van der Waals surface area contributed by atoms with E-state index < -0.39 is 0 Å². The number of pyridine rings is 1. The van der Waals surface area contributed by atoms with Gasteiger partial charge < -0.3 is 10.3 Å². The standard InChI is InChI=1S/C17H22N2O/c1-4-13-5-7-14(8-6-13)16-10-9-15(11-18)17(20)19(16)12(2)3/h5-10,12H,4,11,18H2,1-3H3. The van der Waals surface area contributed by atoms with E-state index in [9.17, 15) is 4.79 Å². The lowest BCUT2D eigenvalue weighted by molar-refractivity contribution is 0.580. The van der Waals surface area contributed by atoms with E-state index in [0.29, 0.717) is 5.56 Å². The molecular formula is C17H22N2O. The Balaban J connectivity index is 2.61. The molecule has 106 valence electrons. The fourth-order valence-corrected chi connectivity index (χ4v) is 2.41. The van der Waals surface area contributed by atoms with Crippen molar-refractivity contribution >= 4 is 0 Å². The second kappa shape index (κ2) is 6.06. The molecule has 0 aliphatic heterocycles. The first kappa shape index (κ1) is 14.5. The van der Waals surface area contributed by atoms with Crippen LogP contribution in [-0.4, -0.2) is 4.57 Å². The first-order chi connectivity index (χ1) is 9.58. The van der Waals surface area contributed by atoms with Crippen molar-refractivity contribution in [3.8, 4) is 11.3 Å². The Morgan fingerprint density at radius 1 is 1.10 bits per heavy atom. The van der Waals surface area contributed by atoms with Crippen LogP contribution >= 0.6 is 0 Å². The molecule has 2 rings (SSSR count). The molecule has 1 aromatic heterocycles. The molecule has 2 N–H and O–H groups in total. The third kappa shape index (κ3) is 2.68. The summed E-state index contributed by atoms with van der Waals surface area (Å²) in [7, 11) is 0. The molecule has 0 unspecified atom stereocenters. The van der Waals surface area contributed by atoms with Crippen molar-refractivity contribution in [2.75, 3.05) is 0 Å². The van der Waals surface area contributed by atoms with Gasteiger partial charge in [-0.3, -0.25) is 4.79 Å². The molecule has 0 aliphatic carbocycles. The number of aryl methyl sites for hydroxylation is 1. The highest BCUT2D eigenvalue weighted by molar-refractivity contribution is 5.60. The molecule has 0 fully saturated rings. The van der Waals surface area contributed by atoms with E-state index >= 15 is 0 Å². The molecular weight excluding hydrogens is 248 g/mol. The zero-order chi connectivity index (χ0) is 14.7. The van der Waals surface area contributed by atoms with Crippen LogP contribution in [0.3, 0.4) is 0 Å². The predicted molar refractivity (Wildman–Crippen MR) is 83.8 cm³/mol. The van der Waals surface area contributed by atoms with Gasteiger partial charge in [0, 0.05) is 18.2 Å². The van der Waals surface area contributed by atoms with Crippen molar-refractivity contribution < 1.29 is 0 Å². The van der Waals surface area contributed by atoms with Gasteiger partial charge in [0.1, 0.15) is 0 Å². The van der Waals surface area contributed by atoms with Crippen LogP contribution < -0.4 is 11.3 Å². The van der Waals surface area contributed by atoms with Gasteiger partial charge in [-0.25, -0.2) is 0 Å². The Kier molecular flexibility index (Phi) is 4.40. The summed E-state index contributed by atoms with van der Waals surface area (Å²) in [6.07, 6.45) is 1.02. The van der Waals surface area contributed by atoms with Gasteiger partial charge in [-0.15, -0.1) is 0 Å². The van der Waals surface area contributed by atoms with Crippen LogP contribution in [0.2, 0.25) is 0 Å². The molecule has 20 heavy (non-hydrogen) atoms. The second-order valence-electron chi connectivity index (χ2n) is 5.27. The van der Waals surface area contributed by atoms with Crippen LogP contribution in [0.15, 0.2) is 41.2 Å². The summed E-state index contributed by atoms with van der Waals surface area (Å²) in [4.78, 5) is 12.4. The highest BCUT2D eigenvalue weighted by Gasteiger charge is 2.12. The highest BCUT2D eigenvalue weighted by Crippen LogP contribution is 2.22. The third-order valence-electron chi connectivity index (χ3n) is 3.59. The van der Waals surface area contributed by atoms with Crippen LogP contribution in [0.4, 0.5) is 0 Å². The van der Waals surface area contributed by atoms with Gasteiger partial charge in [0.15, 0.2) is 0 Å². The maximum atomic E-state index is 12.4. The van der Waals surface area contributed by atoms with Crippen molar-refractivity contribution in [2.24, 2.45) is 5.73 Å². The van der Waals surface area contributed by atoms with E-state index in [1.807, 2.05) is 30.5 Å². The molecule has 2 aromatic rings. The Hall–Kier alpha value is -1.87. The normalized spacial score (nSPS) is 11.1. The molecule has 0 atom stereocenters. The average molecular weight is 270 g/mol. The molecule has 0 saturated heterocycles. The highest BCUT2D eigenvalue weighted by atomic mass is 16.1. The number of rotatable bonds is 4. The second-order valence-corrected chi connectivity index (χ2v) is 5.27. The van der Waals surface area contributed by atoms with Crippen molar-refractivity contribution in [1.82, 2.24) is 4.57 Å². The lowest BCUT2D eigenvalue weighted by Gasteiger charge is -2.18. The Labute approximate surface area is 120 Å². The summed E-state index contributed by atoms with van der Waals surface area (Å²) in [6.45, 7) is 6.45. The lowest BCUT2D eigenvalue weighted by Crippen LogP contribution is -2.27. The average Bonchev–Trinajstić information content (AvgIpc) is 2.46. The third-order valence-corrected chi connectivity index (χ3v) is 3.59. The van der Waals surface area contributed by atoms with Gasteiger partial charge in [0.25, 0.3) is 5.56 Å². The van der Waals surface area contributed by atoms with Crippen molar-refractivity contribution in [1.29, 1.82) is 0 Å². The van der Waals surface area contributed by atoms with Crippen LogP contribution in [0.1, 0.15) is 37.9 Å². The monoisotopic (exact) mass is 270 g/mol. The molecule has 0 amide bonds. The van der Waals surface area contributed by atoms with Gasteiger partial charge in [-0.1, -0.05) is 37.3 Å². The van der Waals surface area contributed by atoms with Gasteiger partial charge in [0.2, 0.25) is 0 Å². The predicted octanol–water partition coefficient (Wildman–Crippen LogP) is 3.12. The topological polar surface area (TPSA) is 48.0 Å². The zero-order valence-corrected chi connectivity index (χ0v) is 12.4. The van der Waals surface area contributed by atoms with E-state index in [2.05, 4.69) is 31.2 Å². The molecule has 1 aromatic carbocycles. The summed E-state index contributed by atoms with van der Waals surface area (Å²) >= 11 is 0. The van der Waals surface area contributed by atoms with Gasteiger partial charge >= 0.3 is 0 Å². The fourth-order valence-electron chi connectivity index (χ4n) is 2.41. The summed E-state index contributed by atoms with van der Waals surface area (Å²) in [5, 5.41) is 0. The van der Waals surface area contributed by atoms with Crippen LogP contribution in [0.5, 0.6) is 0 Å². The molecule has 0 aliphatic rings. The first-order valence-electron chi connectivity index (χ1n) is 7.12. The largest absolute Gasteiger partial charge is 0.326 e. The number of nitrogens with zero attached hydrogens (tertiary/aromatic N) is 1. The van der Waals surface area contributed by atoms with E-state index in [0.717, 1.165) is 17.7 Å². The quantitative estimate of drug-likeness (QED) is 0.928. The maximum Gasteiger partial charge on any atom is 0.255 e.